The van der Waals surface area contributed by atoms with Crippen molar-refractivity contribution in [3.63, 3.8) is 0 Å². The lowest BCUT2D eigenvalue weighted by Gasteiger charge is -2.36. The fourth-order valence-corrected chi connectivity index (χ4v) is 4.31. The Morgan fingerprint density at radius 1 is 1.40 bits per heavy atom. The zero-order valence-corrected chi connectivity index (χ0v) is 12.9. The maximum absolute atomic E-state index is 12.8. The van der Waals surface area contributed by atoms with Gasteiger partial charge in [0, 0.05) is 12.6 Å². The summed E-state index contributed by atoms with van der Waals surface area (Å²) in [6, 6.07) is 5.17. The summed E-state index contributed by atoms with van der Waals surface area (Å²) in [5.74, 6) is 0. The zero-order chi connectivity index (χ0) is 14.9. The summed E-state index contributed by atoms with van der Waals surface area (Å²) in [5.41, 5.74) is 1.64. The molecule has 0 aliphatic carbocycles. The van der Waals surface area contributed by atoms with Crippen LogP contribution in [0.3, 0.4) is 0 Å². The van der Waals surface area contributed by atoms with Gasteiger partial charge < -0.3 is 9.84 Å². The van der Waals surface area contributed by atoms with Crippen molar-refractivity contribution in [1.82, 2.24) is 4.31 Å². The smallest absolute Gasteiger partial charge is 0.243 e. The average molecular weight is 299 g/mol. The predicted molar refractivity (Wildman–Crippen MR) is 76.1 cm³/mol. The Balaban J connectivity index is 2.40. The second-order valence-electron chi connectivity index (χ2n) is 5.33. The quantitative estimate of drug-likeness (QED) is 0.907. The number of rotatable bonds is 3. The number of nitrogens with zero attached hydrogens (tertiary/aromatic N) is 1. The maximum atomic E-state index is 12.8. The number of aliphatic hydroxyl groups is 1. The Morgan fingerprint density at radius 3 is 2.75 bits per heavy atom. The van der Waals surface area contributed by atoms with Gasteiger partial charge in [0.1, 0.15) is 0 Å². The molecule has 20 heavy (non-hydrogen) atoms. The van der Waals surface area contributed by atoms with Crippen LogP contribution in [0, 0.1) is 13.8 Å². The molecule has 1 fully saturated rings. The number of hydrogen-bond acceptors (Lipinski definition) is 4. The molecule has 1 aromatic rings. The Morgan fingerprint density at radius 2 is 2.10 bits per heavy atom. The fraction of sp³-hybridized carbons (Fsp3) is 0.571. The highest BCUT2D eigenvalue weighted by Gasteiger charge is 2.35. The summed E-state index contributed by atoms with van der Waals surface area (Å²) in [6.45, 7) is 5.79. The van der Waals surface area contributed by atoms with E-state index in [9.17, 15) is 13.5 Å². The fourth-order valence-electron chi connectivity index (χ4n) is 2.35. The van der Waals surface area contributed by atoms with Crippen molar-refractivity contribution >= 4 is 10.0 Å². The number of sulfonamides is 1. The molecule has 2 atom stereocenters. The Bertz CT molecular complexity index is 585. The third-order valence-electron chi connectivity index (χ3n) is 3.58. The number of aryl methyl sites for hydroxylation is 2. The monoisotopic (exact) mass is 299 g/mol. The van der Waals surface area contributed by atoms with Crippen molar-refractivity contribution in [3.8, 4) is 0 Å². The number of morpholine rings is 1. The number of aliphatic hydroxyl groups excluding tert-OH is 1. The molecular formula is C14H21NO4S. The van der Waals surface area contributed by atoms with E-state index in [-0.39, 0.29) is 19.2 Å². The number of benzene rings is 1. The second kappa shape index (κ2) is 5.81. The predicted octanol–water partition coefficient (Wildman–Crippen LogP) is 1.07. The molecule has 0 bridgehead atoms. The van der Waals surface area contributed by atoms with Crippen LogP contribution in [0.2, 0.25) is 0 Å². The Labute approximate surface area is 120 Å². The molecular weight excluding hydrogens is 278 g/mol. The molecule has 0 spiro atoms. The van der Waals surface area contributed by atoms with E-state index in [1.165, 1.54) is 4.31 Å². The summed E-state index contributed by atoms with van der Waals surface area (Å²) in [5, 5.41) is 9.18. The van der Waals surface area contributed by atoms with Crippen molar-refractivity contribution in [3.05, 3.63) is 29.3 Å². The van der Waals surface area contributed by atoms with Crippen LogP contribution >= 0.6 is 0 Å². The normalized spacial score (nSPS) is 24.8. The number of hydrogen-bond donors (Lipinski definition) is 1. The highest BCUT2D eigenvalue weighted by Crippen LogP contribution is 2.25. The lowest BCUT2D eigenvalue weighted by atomic mass is 10.2. The summed E-state index contributed by atoms with van der Waals surface area (Å²) < 4.78 is 32.5. The lowest BCUT2D eigenvalue weighted by Crippen LogP contribution is -2.51. The first-order valence-corrected chi connectivity index (χ1v) is 8.12. The minimum atomic E-state index is -3.57. The first-order chi connectivity index (χ1) is 9.36. The standard InChI is InChI=1S/C14H21NO4S/c1-10-4-5-11(2)14(6-10)20(17,18)15-7-13(8-16)19-9-12(15)3/h4-6,12-13,16H,7-9H2,1-3H3. The first-order valence-electron chi connectivity index (χ1n) is 6.68. The third kappa shape index (κ3) is 2.88. The van der Waals surface area contributed by atoms with Gasteiger partial charge in [-0.2, -0.15) is 4.31 Å². The van der Waals surface area contributed by atoms with E-state index in [2.05, 4.69) is 0 Å². The van der Waals surface area contributed by atoms with Gasteiger partial charge in [0.15, 0.2) is 0 Å². The molecule has 2 rings (SSSR count). The molecule has 1 saturated heterocycles. The van der Waals surface area contributed by atoms with Gasteiger partial charge >= 0.3 is 0 Å². The van der Waals surface area contributed by atoms with Crippen LogP contribution in [0.5, 0.6) is 0 Å². The van der Waals surface area contributed by atoms with Crippen molar-refractivity contribution in [1.29, 1.82) is 0 Å². The molecule has 1 aliphatic heterocycles. The van der Waals surface area contributed by atoms with Crippen LogP contribution in [0.15, 0.2) is 23.1 Å². The van der Waals surface area contributed by atoms with E-state index < -0.39 is 16.1 Å². The highest BCUT2D eigenvalue weighted by atomic mass is 32.2. The van der Waals surface area contributed by atoms with Gasteiger partial charge in [-0.3, -0.25) is 0 Å². The molecule has 0 amide bonds. The van der Waals surface area contributed by atoms with Crippen LogP contribution in [-0.2, 0) is 14.8 Å². The Kier molecular flexibility index (Phi) is 4.49. The zero-order valence-electron chi connectivity index (χ0n) is 12.0. The van der Waals surface area contributed by atoms with Gasteiger partial charge in [0.2, 0.25) is 10.0 Å². The minimum absolute atomic E-state index is 0.175. The van der Waals surface area contributed by atoms with Gasteiger partial charge in [-0.05, 0) is 38.0 Å². The van der Waals surface area contributed by atoms with E-state index >= 15 is 0 Å². The molecule has 1 aromatic carbocycles. The van der Waals surface area contributed by atoms with Crippen LogP contribution < -0.4 is 0 Å². The minimum Gasteiger partial charge on any atom is -0.394 e. The summed E-state index contributed by atoms with van der Waals surface area (Å²) in [7, 11) is -3.57. The van der Waals surface area contributed by atoms with Crippen LogP contribution in [0.1, 0.15) is 18.1 Å². The lowest BCUT2D eigenvalue weighted by molar-refractivity contribution is -0.0516. The molecule has 1 aliphatic rings. The molecule has 0 aromatic heterocycles. The third-order valence-corrected chi connectivity index (χ3v) is 5.70. The molecule has 1 N–H and O–H groups in total. The highest BCUT2D eigenvalue weighted by molar-refractivity contribution is 7.89. The van der Waals surface area contributed by atoms with Gasteiger partial charge in [0.25, 0.3) is 0 Å². The van der Waals surface area contributed by atoms with E-state index in [1.54, 1.807) is 13.0 Å². The summed E-state index contributed by atoms with van der Waals surface area (Å²) in [6.07, 6.45) is -0.453. The van der Waals surface area contributed by atoms with E-state index in [0.717, 1.165) is 11.1 Å². The van der Waals surface area contributed by atoms with Crippen molar-refractivity contribution < 1.29 is 18.3 Å². The van der Waals surface area contributed by atoms with Gasteiger partial charge in [-0.25, -0.2) is 8.42 Å². The van der Waals surface area contributed by atoms with Crippen LogP contribution in [-0.4, -0.2) is 49.7 Å². The molecule has 6 heteroatoms. The number of ether oxygens (including phenoxy) is 1. The topological polar surface area (TPSA) is 66.8 Å². The van der Waals surface area contributed by atoms with E-state index in [1.807, 2.05) is 26.0 Å². The van der Waals surface area contributed by atoms with Gasteiger partial charge in [-0.1, -0.05) is 12.1 Å². The largest absolute Gasteiger partial charge is 0.394 e. The molecule has 1 heterocycles. The SMILES string of the molecule is Cc1ccc(C)c(S(=O)(=O)N2CC(CO)OCC2C)c1. The molecule has 0 saturated carbocycles. The van der Waals surface area contributed by atoms with Crippen molar-refractivity contribution in [2.45, 2.75) is 37.8 Å². The van der Waals surface area contributed by atoms with Crippen molar-refractivity contribution in [2.24, 2.45) is 0 Å². The second-order valence-corrected chi connectivity index (χ2v) is 7.19. The van der Waals surface area contributed by atoms with E-state index in [4.69, 9.17) is 4.74 Å². The first kappa shape index (κ1) is 15.4. The summed E-state index contributed by atoms with van der Waals surface area (Å²) in [4.78, 5) is 0.336. The van der Waals surface area contributed by atoms with Crippen molar-refractivity contribution in [2.75, 3.05) is 19.8 Å². The van der Waals surface area contributed by atoms with Gasteiger partial charge in [-0.15, -0.1) is 0 Å². The van der Waals surface area contributed by atoms with Gasteiger partial charge in [0.05, 0.1) is 24.2 Å². The molecule has 5 nitrogen and oxygen atoms in total. The maximum Gasteiger partial charge on any atom is 0.243 e. The van der Waals surface area contributed by atoms with E-state index in [0.29, 0.717) is 11.5 Å². The molecule has 2 unspecified atom stereocenters. The summed E-state index contributed by atoms with van der Waals surface area (Å²) >= 11 is 0. The Hall–Kier alpha value is -0.950. The van der Waals surface area contributed by atoms with Crippen LogP contribution in [0.25, 0.3) is 0 Å². The average Bonchev–Trinajstić information content (AvgIpc) is 2.41. The molecule has 112 valence electrons. The molecule has 0 radical (unpaired) electrons. The van der Waals surface area contributed by atoms with Crippen LogP contribution in [0.4, 0.5) is 0 Å².